The predicted octanol–water partition coefficient (Wildman–Crippen LogP) is 4.00. The van der Waals surface area contributed by atoms with Crippen LogP contribution in [0.5, 0.6) is 0 Å². The first-order valence-electron chi connectivity index (χ1n) is 9.82. The van der Waals surface area contributed by atoms with Crippen LogP contribution in [0.2, 0.25) is 5.15 Å². The second-order valence-corrected chi connectivity index (χ2v) is 7.86. The van der Waals surface area contributed by atoms with Gasteiger partial charge in [0.15, 0.2) is 0 Å². The van der Waals surface area contributed by atoms with Crippen molar-refractivity contribution in [3.8, 4) is 5.69 Å². The maximum absolute atomic E-state index is 12.8. The Balaban J connectivity index is 1.42. The number of para-hydroxylation sites is 1. The zero-order valence-electron chi connectivity index (χ0n) is 17.0. The van der Waals surface area contributed by atoms with E-state index in [1.165, 1.54) is 0 Å². The second-order valence-electron chi connectivity index (χ2n) is 7.50. The van der Waals surface area contributed by atoms with Crippen LogP contribution in [-0.4, -0.2) is 51.7 Å². The quantitative estimate of drug-likeness (QED) is 0.649. The van der Waals surface area contributed by atoms with Crippen molar-refractivity contribution in [2.75, 3.05) is 26.2 Å². The van der Waals surface area contributed by atoms with Gasteiger partial charge in [-0.15, -0.1) is 0 Å². The van der Waals surface area contributed by atoms with Gasteiger partial charge in [0.25, 0.3) is 5.91 Å². The fourth-order valence-electron chi connectivity index (χ4n) is 3.80. The SMILES string of the molecule is Cc1cc(C(=O)N2CCN(Cc3c(C)nn(-c4ccccc4)c3Cl)CC2)c(C)o1. The number of rotatable bonds is 4. The van der Waals surface area contributed by atoms with Crippen molar-refractivity contribution in [1.29, 1.82) is 0 Å². The van der Waals surface area contributed by atoms with Gasteiger partial charge in [-0.1, -0.05) is 29.8 Å². The third kappa shape index (κ3) is 3.95. The lowest BCUT2D eigenvalue weighted by atomic mass is 10.2. The van der Waals surface area contributed by atoms with Gasteiger partial charge >= 0.3 is 0 Å². The molecule has 1 aliphatic heterocycles. The molecular formula is C22H25ClN4O2. The van der Waals surface area contributed by atoms with E-state index in [-0.39, 0.29) is 5.91 Å². The van der Waals surface area contributed by atoms with E-state index in [9.17, 15) is 4.79 Å². The van der Waals surface area contributed by atoms with Gasteiger partial charge in [-0.2, -0.15) is 5.10 Å². The molecule has 152 valence electrons. The molecule has 7 heteroatoms. The Bertz CT molecular complexity index is 1020. The molecule has 0 saturated carbocycles. The highest BCUT2D eigenvalue weighted by Gasteiger charge is 2.26. The maximum Gasteiger partial charge on any atom is 0.257 e. The highest BCUT2D eigenvalue weighted by atomic mass is 35.5. The van der Waals surface area contributed by atoms with Crippen molar-refractivity contribution in [2.24, 2.45) is 0 Å². The number of carbonyl (C=O) groups excluding carboxylic acids is 1. The minimum atomic E-state index is 0.0464. The van der Waals surface area contributed by atoms with Crippen molar-refractivity contribution in [3.63, 3.8) is 0 Å². The number of nitrogens with zero attached hydrogens (tertiary/aromatic N) is 4. The summed E-state index contributed by atoms with van der Waals surface area (Å²) in [5.41, 5.74) is 3.59. The molecule has 3 aromatic rings. The molecule has 4 rings (SSSR count). The highest BCUT2D eigenvalue weighted by molar-refractivity contribution is 6.30. The van der Waals surface area contributed by atoms with Crippen LogP contribution in [0, 0.1) is 20.8 Å². The fraction of sp³-hybridized carbons (Fsp3) is 0.364. The first kappa shape index (κ1) is 19.7. The normalized spacial score (nSPS) is 15.1. The molecule has 6 nitrogen and oxygen atoms in total. The van der Waals surface area contributed by atoms with Crippen molar-refractivity contribution in [3.05, 3.63) is 69.9 Å². The zero-order valence-corrected chi connectivity index (χ0v) is 17.7. The number of aryl methyl sites for hydroxylation is 3. The van der Waals surface area contributed by atoms with Crippen LogP contribution in [0.15, 0.2) is 40.8 Å². The predicted molar refractivity (Wildman–Crippen MR) is 113 cm³/mol. The molecule has 1 aromatic carbocycles. The highest BCUT2D eigenvalue weighted by Crippen LogP contribution is 2.25. The summed E-state index contributed by atoms with van der Waals surface area (Å²) in [5.74, 6) is 1.50. The fourth-order valence-corrected chi connectivity index (χ4v) is 4.13. The second kappa shape index (κ2) is 8.05. The lowest BCUT2D eigenvalue weighted by Crippen LogP contribution is -2.48. The Morgan fingerprint density at radius 3 is 2.41 bits per heavy atom. The summed E-state index contributed by atoms with van der Waals surface area (Å²) in [6.07, 6.45) is 0. The number of benzene rings is 1. The lowest BCUT2D eigenvalue weighted by Gasteiger charge is -2.34. The topological polar surface area (TPSA) is 54.5 Å². The molecule has 2 aromatic heterocycles. The van der Waals surface area contributed by atoms with Gasteiger partial charge in [-0.05, 0) is 39.0 Å². The number of amides is 1. The summed E-state index contributed by atoms with van der Waals surface area (Å²) in [6.45, 7) is 9.39. The molecule has 0 radical (unpaired) electrons. The Labute approximate surface area is 175 Å². The van der Waals surface area contributed by atoms with Gasteiger partial charge in [0, 0.05) is 38.3 Å². The van der Waals surface area contributed by atoms with E-state index in [1.807, 2.05) is 62.1 Å². The molecule has 1 amide bonds. The number of hydrogen-bond donors (Lipinski definition) is 0. The average Bonchev–Trinajstić information content (AvgIpc) is 3.21. The number of aromatic nitrogens is 2. The molecular weight excluding hydrogens is 388 g/mol. The van der Waals surface area contributed by atoms with Crippen LogP contribution < -0.4 is 0 Å². The van der Waals surface area contributed by atoms with Crippen molar-refractivity contribution in [2.45, 2.75) is 27.3 Å². The number of furan rings is 1. The van der Waals surface area contributed by atoms with Crippen molar-refractivity contribution >= 4 is 17.5 Å². The van der Waals surface area contributed by atoms with Gasteiger partial charge in [0.2, 0.25) is 0 Å². The minimum absolute atomic E-state index is 0.0464. The van der Waals surface area contributed by atoms with E-state index >= 15 is 0 Å². The Morgan fingerprint density at radius 2 is 1.79 bits per heavy atom. The molecule has 0 bridgehead atoms. The monoisotopic (exact) mass is 412 g/mol. The van der Waals surface area contributed by atoms with Gasteiger partial charge in [0.1, 0.15) is 16.7 Å². The number of piperazine rings is 1. The zero-order chi connectivity index (χ0) is 20.5. The van der Waals surface area contributed by atoms with Gasteiger partial charge < -0.3 is 9.32 Å². The molecule has 0 aliphatic carbocycles. The van der Waals surface area contributed by atoms with Gasteiger partial charge in [-0.3, -0.25) is 9.69 Å². The standard InChI is InChI=1S/C22H25ClN4O2/c1-15-13-19(17(3)29-15)22(28)26-11-9-25(10-12-26)14-20-16(2)24-27(21(20)23)18-7-5-4-6-8-18/h4-8,13H,9-12,14H2,1-3H3. The Morgan fingerprint density at radius 1 is 1.10 bits per heavy atom. The van der Waals surface area contributed by atoms with Crippen LogP contribution >= 0.6 is 11.6 Å². The first-order chi connectivity index (χ1) is 13.9. The molecule has 29 heavy (non-hydrogen) atoms. The molecule has 0 unspecified atom stereocenters. The lowest BCUT2D eigenvalue weighted by molar-refractivity contribution is 0.0626. The van der Waals surface area contributed by atoms with Crippen LogP contribution in [0.25, 0.3) is 5.69 Å². The van der Waals surface area contributed by atoms with E-state index in [1.54, 1.807) is 4.68 Å². The van der Waals surface area contributed by atoms with E-state index in [0.29, 0.717) is 29.6 Å². The van der Waals surface area contributed by atoms with Gasteiger partial charge in [0.05, 0.1) is 16.9 Å². The van der Waals surface area contributed by atoms with Crippen LogP contribution in [-0.2, 0) is 6.54 Å². The average molecular weight is 413 g/mol. The van der Waals surface area contributed by atoms with Crippen LogP contribution in [0.4, 0.5) is 0 Å². The molecule has 0 spiro atoms. The van der Waals surface area contributed by atoms with Crippen LogP contribution in [0.1, 0.15) is 33.1 Å². The molecule has 1 saturated heterocycles. The molecule has 1 aliphatic rings. The third-order valence-electron chi connectivity index (χ3n) is 5.44. The minimum Gasteiger partial charge on any atom is -0.466 e. The Kier molecular flexibility index (Phi) is 5.48. The third-order valence-corrected chi connectivity index (χ3v) is 5.82. The summed E-state index contributed by atoms with van der Waals surface area (Å²) in [6, 6.07) is 11.7. The first-order valence-corrected chi connectivity index (χ1v) is 10.2. The van der Waals surface area contributed by atoms with E-state index in [4.69, 9.17) is 16.0 Å². The summed E-state index contributed by atoms with van der Waals surface area (Å²) in [4.78, 5) is 17.0. The largest absolute Gasteiger partial charge is 0.466 e. The number of halogens is 1. The van der Waals surface area contributed by atoms with Gasteiger partial charge in [-0.25, -0.2) is 4.68 Å². The summed E-state index contributed by atoms with van der Waals surface area (Å²) >= 11 is 6.66. The smallest absolute Gasteiger partial charge is 0.257 e. The Hall–Kier alpha value is -2.57. The molecule has 1 fully saturated rings. The summed E-state index contributed by atoms with van der Waals surface area (Å²) < 4.78 is 7.30. The maximum atomic E-state index is 12.8. The van der Waals surface area contributed by atoms with E-state index in [0.717, 1.165) is 42.3 Å². The van der Waals surface area contributed by atoms with Crippen molar-refractivity contribution < 1.29 is 9.21 Å². The number of carbonyl (C=O) groups is 1. The molecule has 0 atom stereocenters. The summed E-state index contributed by atoms with van der Waals surface area (Å²) in [5, 5.41) is 5.27. The van der Waals surface area contributed by atoms with E-state index < -0.39 is 0 Å². The summed E-state index contributed by atoms with van der Waals surface area (Å²) in [7, 11) is 0. The molecule has 3 heterocycles. The van der Waals surface area contributed by atoms with Crippen molar-refractivity contribution in [1.82, 2.24) is 19.6 Å². The van der Waals surface area contributed by atoms with E-state index in [2.05, 4.69) is 10.00 Å². The van der Waals surface area contributed by atoms with Crippen LogP contribution in [0.3, 0.4) is 0 Å². The molecule has 0 N–H and O–H groups in total. The number of hydrogen-bond acceptors (Lipinski definition) is 4.